The third-order valence-electron chi connectivity index (χ3n) is 2.67. The third kappa shape index (κ3) is 2.46. The van der Waals surface area contributed by atoms with Crippen LogP contribution in [-0.2, 0) is 0 Å². The van der Waals surface area contributed by atoms with Gasteiger partial charge in [0.2, 0.25) is 0 Å². The van der Waals surface area contributed by atoms with Crippen molar-refractivity contribution in [3.63, 3.8) is 0 Å². The number of hydrogen-bond acceptors (Lipinski definition) is 3. The number of ether oxygens (including phenoxy) is 1. The highest BCUT2D eigenvalue weighted by molar-refractivity contribution is 6.35. The zero-order valence-electron chi connectivity index (χ0n) is 10.1. The minimum absolute atomic E-state index is 0.224. The Bertz CT molecular complexity index is 569. The summed E-state index contributed by atoms with van der Waals surface area (Å²) < 4.78 is 5.70. The van der Waals surface area contributed by atoms with Crippen molar-refractivity contribution in [2.24, 2.45) is 0 Å². The van der Waals surface area contributed by atoms with Gasteiger partial charge in [-0.05, 0) is 18.6 Å². The van der Waals surface area contributed by atoms with Crippen molar-refractivity contribution in [2.45, 2.75) is 19.8 Å². The quantitative estimate of drug-likeness (QED) is 0.607. The molecule has 94 valence electrons. The van der Waals surface area contributed by atoms with Crippen LogP contribution in [0.4, 0.5) is 0 Å². The molecular weight excluding hydrogens is 250 g/mol. The maximum absolute atomic E-state index is 11.0. The molecule has 3 nitrogen and oxygen atoms in total. The summed E-state index contributed by atoms with van der Waals surface area (Å²) >= 11 is 6.15. The third-order valence-corrected chi connectivity index (χ3v) is 3.04. The fourth-order valence-electron chi connectivity index (χ4n) is 1.71. The molecule has 0 fully saturated rings. The Morgan fingerprint density at radius 3 is 2.89 bits per heavy atom. The maximum Gasteiger partial charge on any atom is 0.170 e. The van der Waals surface area contributed by atoms with E-state index in [2.05, 4.69) is 11.9 Å². The largest absolute Gasteiger partial charge is 0.491 e. The van der Waals surface area contributed by atoms with Crippen molar-refractivity contribution in [2.75, 3.05) is 6.61 Å². The predicted molar refractivity (Wildman–Crippen MR) is 72.5 cm³/mol. The molecule has 0 unspecified atom stereocenters. The minimum atomic E-state index is 0.224. The smallest absolute Gasteiger partial charge is 0.170 e. The number of nitrogens with zero attached hydrogens (tertiary/aromatic N) is 1. The van der Waals surface area contributed by atoms with E-state index < -0.39 is 0 Å². The Kier molecular flexibility index (Phi) is 4.15. The Labute approximate surface area is 111 Å². The van der Waals surface area contributed by atoms with Crippen molar-refractivity contribution in [3.05, 3.63) is 35.0 Å². The lowest BCUT2D eigenvalue weighted by Gasteiger charge is -2.11. The fourth-order valence-corrected chi connectivity index (χ4v) is 1.96. The second-order valence-electron chi connectivity index (χ2n) is 3.98. The first kappa shape index (κ1) is 12.8. The molecule has 18 heavy (non-hydrogen) atoms. The van der Waals surface area contributed by atoms with Crippen molar-refractivity contribution >= 4 is 28.8 Å². The molecular formula is C14H14ClNO2. The van der Waals surface area contributed by atoms with Gasteiger partial charge in [0.15, 0.2) is 6.29 Å². The Morgan fingerprint density at radius 2 is 2.17 bits per heavy atom. The molecule has 1 aromatic carbocycles. The van der Waals surface area contributed by atoms with E-state index in [1.165, 1.54) is 0 Å². The van der Waals surface area contributed by atoms with Gasteiger partial charge in [-0.2, -0.15) is 0 Å². The maximum atomic E-state index is 11.0. The SMILES string of the molecule is CCCCOc1c(Cl)c(C=O)nc2ccccc12. The Morgan fingerprint density at radius 1 is 1.39 bits per heavy atom. The molecule has 0 aliphatic carbocycles. The number of benzene rings is 1. The fraction of sp³-hybridized carbons (Fsp3) is 0.286. The summed E-state index contributed by atoms with van der Waals surface area (Å²) in [6.07, 6.45) is 2.64. The van der Waals surface area contributed by atoms with Crippen molar-refractivity contribution in [3.8, 4) is 5.75 Å². The van der Waals surface area contributed by atoms with Gasteiger partial charge in [-0.3, -0.25) is 4.79 Å². The molecule has 0 radical (unpaired) electrons. The van der Waals surface area contributed by atoms with E-state index in [-0.39, 0.29) is 5.69 Å². The van der Waals surface area contributed by atoms with Gasteiger partial charge in [0.1, 0.15) is 16.5 Å². The van der Waals surface area contributed by atoms with Crippen LogP contribution in [-0.4, -0.2) is 17.9 Å². The Hall–Kier alpha value is -1.61. The summed E-state index contributed by atoms with van der Waals surface area (Å²) in [7, 11) is 0. The number of aromatic nitrogens is 1. The van der Waals surface area contributed by atoms with E-state index in [9.17, 15) is 4.79 Å². The summed E-state index contributed by atoms with van der Waals surface area (Å²) in [6, 6.07) is 7.50. The molecule has 2 rings (SSSR count). The normalized spacial score (nSPS) is 10.6. The first-order valence-electron chi connectivity index (χ1n) is 5.94. The number of halogens is 1. The number of pyridine rings is 1. The second kappa shape index (κ2) is 5.83. The van der Waals surface area contributed by atoms with Gasteiger partial charge in [0.25, 0.3) is 0 Å². The molecule has 0 N–H and O–H groups in total. The number of aldehydes is 1. The number of para-hydroxylation sites is 1. The second-order valence-corrected chi connectivity index (χ2v) is 4.36. The lowest BCUT2D eigenvalue weighted by Crippen LogP contribution is -2.01. The lowest BCUT2D eigenvalue weighted by molar-refractivity contribution is 0.111. The van der Waals surface area contributed by atoms with E-state index in [0.717, 1.165) is 23.7 Å². The van der Waals surface area contributed by atoms with Crippen LogP contribution >= 0.6 is 11.6 Å². The summed E-state index contributed by atoms with van der Waals surface area (Å²) in [5.41, 5.74) is 0.942. The standard InChI is InChI=1S/C14H14ClNO2/c1-2-3-8-18-14-10-6-4-5-7-11(10)16-12(9-17)13(14)15/h4-7,9H,2-3,8H2,1H3. The van der Waals surface area contributed by atoms with Gasteiger partial charge < -0.3 is 4.74 Å². The first-order valence-corrected chi connectivity index (χ1v) is 6.32. The number of hydrogen-bond donors (Lipinski definition) is 0. The van der Waals surface area contributed by atoms with Crippen LogP contribution in [0.15, 0.2) is 24.3 Å². The van der Waals surface area contributed by atoms with Gasteiger partial charge in [0, 0.05) is 5.39 Å². The summed E-state index contributed by atoms with van der Waals surface area (Å²) in [4.78, 5) is 15.2. The van der Waals surface area contributed by atoms with Gasteiger partial charge in [-0.1, -0.05) is 37.1 Å². The van der Waals surface area contributed by atoms with Crippen molar-refractivity contribution in [1.29, 1.82) is 0 Å². The Balaban J connectivity index is 2.52. The van der Waals surface area contributed by atoms with E-state index in [0.29, 0.717) is 23.7 Å². The van der Waals surface area contributed by atoms with Crippen LogP contribution in [0.3, 0.4) is 0 Å². The van der Waals surface area contributed by atoms with Crippen LogP contribution in [0.2, 0.25) is 5.02 Å². The van der Waals surface area contributed by atoms with Crippen molar-refractivity contribution < 1.29 is 9.53 Å². The van der Waals surface area contributed by atoms with Gasteiger partial charge in [0.05, 0.1) is 12.1 Å². The number of carbonyl (C=O) groups excluding carboxylic acids is 1. The zero-order chi connectivity index (χ0) is 13.0. The molecule has 1 heterocycles. The van der Waals surface area contributed by atoms with E-state index in [1.807, 2.05) is 24.3 Å². The molecule has 0 spiro atoms. The van der Waals surface area contributed by atoms with Gasteiger partial charge >= 0.3 is 0 Å². The molecule has 2 aromatic rings. The molecule has 0 atom stereocenters. The number of carbonyl (C=O) groups is 1. The molecule has 0 amide bonds. The van der Waals surface area contributed by atoms with Crippen LogP contribution in [0.25, 0.3) is 10.9 Å². The molecule has 4 heteroatoms. The van der Waals surface area contributed by atoms with Crippen LogP contribution < -0.4 is 4.74 Å². The van der Waals surface area contributed by atoms with E-state index in [4.69, 9.17) is 16.3 Å². The average molecular weight is 264 g/mol. The minimum Gasteiger partial charge on any atom is -0.491 e. The molecule has 0 saturated carbocycles. The summed E-state index contributed by atoms with van der Waals surface area (Å²) in [5, 5.41) is 1.13. The average Bonchev–Trinajstić information content (AvgIpc) is 2.41. The monoisotopic (exact) mass is 263 g/mol. The molecule has 0 aliphatic rings. The molecule has 0 saturated heterocycles. The van der Waals surface area contributed by atoms with E-state index in [1.54, 1.807) is 0 Å². The summed E-state index contributed by atoms with van der Waals surface area (Å²) in [5.74, 6) is 0.554. The van der Waals surface area contributed by atoms with Gasteiger partial charge in [-0.25, -0.2) is 4.98 Å². The topological polar surface area (TPSA) is 39.2 Å². The van der Waals surface area contributed by atoms with Crippen LogP contribution in [0.5, 0.6) is 5.75 Å². The highest BCUT2D eigenvalue weighted by Crippen LogP contribution is 2.34. The first-order chi connectivity index (χ1) is 8.77. The molecule has 1 aromatic heterocycles. The lowest BCUT2D eigenvalue weighted by atomic mass is 10.2. The molecule has 0 aliphatic heterocycles. The number of fused-ring (bicyclic) bond motifs is 1. The highest BCUT2D eigenvalue weighted by Gasteiger charge is 2.13. The predicted octanol–water partition coefficient (Wildman–Crippen LogP) is 3.88. The van der Waals surface area contributed by atoms with Crippen molar-refractivity contribution in [1.82, 2.24) is 4.98 Å². The number of unbranched alkanes of at least 4 members (excludes halogenated alkanes) is 1. The highest BCUT2D eigenvalue weighted by atomic mass is 35.5. The van der Waals surface area contributed by atoms with Crippen LogP contribution in [0, 0.1) is 0 Å². The number of rotatable bonds is 5. The summed E-state index contributed by atoms with van der Waals surface area (Å²) in [6.45, 7) is 2.68. The van der Waals surface area contributed by atoms with Crippen LogP contribution in [0.1, 0.15) is 30.3 Å². The van der Waals surface area contributed by atoms with Gasteiger partial charge in [-0.15, -0.1) is 0 Å². The molecule has 0 bridgehead atoms. The van der Waals surface area contributed by atoms with E-state index >= 15 is 0 Å². The zero-order valence-corrected chi connectivity index (χ0v) is 10.9.